The Morgan fingerprint density at radius 1 is 0.967 bits per heavy atom. The normalized spacial score (nSPS) is 11.7. The predicted molar refractivity (Wildman–Crippen MR) is 109 cm³/mol. The van der Waals surface area contributed by atoms with Gasteiger partial charge >= 0.3 is 6.18 Å². The van der Waals surface area contributed by atoms with Crippen LogP contribution in [0.15, 0.2) is 69.6 Å². The highest BCUT2D eigenvalue weighted by Gasteiger charge is 2.30. The summed E-state index contributed by atoms with van der Waals surface area (Å²) < 4.78 is 49.7. The molecule has 0 spiro atoms. The van der Waals surface area contributed by atoms with Gasteiger partial charge in [0.15, 0.2) is 5.76 Å². The standard InChI is InChI=1S/C22H17F3N2O2S/c1-14-4-2-5-15(10-14)12-30-13-18-8-9-19(28-18)21-26-20(27-29-21)16-6-3-7-17(11-16)22(23,24)25/h2-11H,12-13H2,1H3. The molecule has 0 aliphatic heterocycles. The first-order valence-electron chi connectivity index (χ1n) is 9.12. The van der Waals surface area contributed by atoms with E-state index in [-0.39, 0.29) is 17.3 Å². The second kappa shape index (κ2) is 8.39. The van der Waals surface area contributed by atoms with Gasteiger partial charge in [-0.25, -0.2) is 0 Å². The number of alkyl halides is 3. The summed E-state index contributed by atoms with van der Waals surface area (Å²) in [5, 5.41) is 3.79. The molecule has 0 fully saturated rings. The van der Waals surface area contributed by atoms with Crippen molar-refractivity contribution in [2.45, 2.75) is 24.6 Å². The number of thioether (sulfide) groups is 1. The van der Waals surface area contributed by atoms with Gasteiger partial charge in [0, 0.05) is 11.3 Å². The second-order valence-electron chi connectivity index (χ2n) is 6.75. The molecule has 8 heteroatoms. The van der Waals surface area contributed by atoms with Crippen molar-refractivity contribution in [3.63, 3.8) is 0 Å². The van der Waals surface area contributed by atoms with Crippen molar-refractivity contribution in [2.75, 3.05) is 0 Å². The van der Waals surface area contributed by atoms with Gasteiger partial charge in [-0.2, -0.15) is 18.2 Å². The van der Waals surface area contributed by atoms with E-state index in [1.807, 2.05) is 12.1 Å². The fourth-order valence-electron chi connectivity index (χ4n) is 2.92. The van der Waals surface area contributed by atoms with E-state index >= 15 is 0 Å². The lowest BCUT2D eigenvalue weighted by atomic mass is 10.1. The Morgan fingerprint density at radius 3 is 2.60 bits per heavy atom. The average Bonchev–Trinajstić information content (AvgIpc) is 3.37. The van der Waals surface area contributed by atoms with Gasteiger partial charge < -0.3 is 8.94 Å². The minimum Gasteiger partial charge on any atom is -0.455 e. The molecule has 30 heavy (non-hydrogen) atoms. The lowest BCUT2D eigenvalue weighted by Gasteiger charge is -2.06. The molecule has 2 aromatic carbocycles. The molecule has 0 aliphatic rings. The van der Waals surface area contributed by atoms with E-state index in [4.69, 9.17) is 8.94 Å². The molecule has 0 atom stereocenters. The van der Waals surface area contributed by atoms with Crippen molar-refractivity contribution >= 4 is 11.8 Å². The maximum atomic E-state index is 12.9. The highest BCUT2D eigenvalue weighted by atomic mass is 32.2. The van der Waals surface area contributed by atoms with Crippen LogP contribution in [0.5, 0.6) is 0 Å². The molecule has 0 aliphatic carbocycles. The van der Waals surface area contributed by atoms with Crippen LogP contribution in [0.4, 0.5) is 13.2 Å². The number of hydrogen-bond donors (Lipinski definition) is 0. The SMILES string of the molecule is Cc1cccc(CSCc2ccc(-c3nc(-c4cccc(C(F)(F)F)c4)no3)o2)c1. The van der Waals surface area contributed by atoms with Gasteiger partial charge in [-0.05, 0) is 36.8 Å². The van der Waals surface area contributed by atoms with Crippen molar-refractivity contribution in [3.05, 3.63) is 83.1 Å². The molecule has 0 radical (unpaired) electrons. The largest absolute Gasteiger partial charge is 0.455 e. The number of aromatic nitrogens is 2. The Labute approximate surface area is 175 Å². The Morgan fingerprint density at radius 2 is 1.80 bits per heavy atom. The van der Waals surface area contributed by atoms with Crippen LogP contribution in [-0.4, -0.2) is 10.1 Å². The van der Waals surface area contributed by atoms with Crippen molar-refractivity contribution in [1.82, 2.24) is 10.1 Å². The molecule has 4 aromatic rings. The van der Waals surface area contributed by atoms with Crippen LogP contribution >= 0.6 is 11.8 Å². The smallest absolute Gasteiger partial charge is 0.416 e. The molecule has 0 bridgehead atoms. The number of furan rings is 1. The summed E-state index contributed by atoms with van der Waals surface area (Å²) >= 11 is 1.72. The summed E-state index contributed by atoms with van der Waals surface area (Å²) in [6.07, 6.45) is -4.44. The van der Waals surface area contributed by atoms with Crippen LogP contribution < -0.4 is 0 Å². The number of rotatable bonds is 6. The van der Waals surface area contributed by atoms with Crippen molar-refractivity contribution < 1.29 is 22.1 Å². The Kier molecular flexibility index (Phi) is 5.67. The van der Waals surface area contributed by atoms with Gasteiger partial charge in [-0.15, -0.1) is 11.8 Å². The first kappa shape index (κ1) is 20.3. The van der Waals surface area contributed by atoms with E-state index in [1.54, 1.807) is 17.8 Å². The molecular formula is C22H17F3N2O2S. The molecule has 0 saturated carbocycles. The fourth-order valence-corrected chi connectivity index (χ4v) is 3.79. The Balaban J connectivity index is 1.43. The summed E-state index contributed by atoms with van der Waals surface area (Å²) in [5.74, 6) is 2.86. The lowest BCUT2D eigenvalue weighted by molar-refractivity contribution is -0.137. The zero-order valence-electron chi connectivity index (χ0n) is 15.9. The van der Waals surface area contributed by atoms with E-state index < -0.39 is 11.7 Å². The summed E-state index contributed by atoms with van der Waals surface area (Å²) in [4.78, 5) is 4.18. The van der Waals surface area contributed by atoms with E-state index in [0.717, 1.165) is 23.6 Å². The molecule has 4 rings (SSSR count). The highest BCUT2D eigenvalue weighted by Crippen LogP contribution is 2.32. The third-order valence-electron chi connectivity index (χ3n) is 4.34. The molecule has 0 unspecified atom stereocenters. The van der Waals surface area contributed by atoms with Crippen molar-refractivity contribution in [3.8, 4) is 23.0 Å². The minimum absolute atomic E-state index is 0.0721. The first-order chi connectivity index (χ1) is 14.4. The quantitative estimate of drug-likeness (QED) is 0.338. The minimum atomic E-state index is -4.44. The summed E-state index contributed by atoms with van der Waals surface area (Å²) in [6, 6.07) is 16.7. The number of nitrogens with zero attached hydrogens (tertiary/aromatic N) is 2. The Bertz CT molecular complexity index is 1150. The molecular weight excluding hydrogens is 413 g/mol. The zero-order chi connectivity index (χ0) is 21.1. The number of benzene rings is 2. The molecule has 0 saturated heterocycles. The third kappa shape index (κ3) is 4.76. The van der Waals surface area contributed by atoms with E-state index in [0.29, 0.717) is 11.5 Å². The maximum absolute atomic E-state index is 12.9. The zero-order valence-corrected chi connectivity index (χ0v) is 16.8. The maximum Gasteiger partial charge on any atom is 0.416 e. The molecule has 4 nitrogen and oxygen atoms in total. The monoisotopic (exact) mass is 430 g/mol. The topological polar surface area (TPSA) is 52.1 Å². The van der Waals surface area contributed by atoms with Crippen LogP contribution in [0.3, 0.4) is 0 Å². The van der Waals surface area contributed by atoms with Gasteiger partial charge in [-0.1, -0.05) is 47.1 Å². The van der Waals surface area contributed by atoms with Crippen LogP contribution in [0.1, 0.15) is 22.5 Å². The van der Waals surface area contributed by atoms with Gasteiger partial charge in [0.1, 0.15) is 5.76 Å². The molecule has 0 N–H and O–H groups in total. The summed E-state index contributed by atoms with van der Waals surface area (Å²) in [6.45, 7) is 2.06. The van der Waals surface area contributed by atoms with Crippen molar-refractivity contribution in [2.24, 2.45) is 0 Å². The van der Waals surface area contributed by atoms with E-state index in [2.05, 4.69) is 35.3 Å². The van der Waals surface area contributed by atoms with Crippen molar-refractivity contribution in [1.29, 1.82) is 0 Å². The average molecular weight is 430 g/mol. The van der Waals surface area contributed by atoms with Gasteiger partial charge in [-0.3, -0.25) is 0 Å². The van der Waals surface area contributed by atoms with E-state index in [1.165, 1.54) is 23.3 Å². The van der Waals surface area contributed by atoms with Gasteiger partial charge in [0.2, 0.25) is 5.82 Å². The summed E-state index contributed by atoms with van der Waals surface area (Å²) in [7, 11) is 0. The highest BCUT2D eigenvalue weighted by molar-refractivity contribution is 7.97. The Hall–Kier alpha value is -3.00. The van der Waals surface area contributed by atoms with E-state index in [9.17, 15) is 13.2 Å². The molecule has 2 heterocycles. The molecule has 154 valence electrons. The van der Waals surface area contributed by atoms with Gasteiger partial charge in [0.05, 0.1) is 11.3 Å². The molecule has 0 amide bonds. The van der Waals surface area contributed by atoms with Gasteiger partial charge in [0.25, 0.3) is 5.89 Å². The predicted octanol–water partition coefficient (Wildman–Crippen LogP) is 6.76. The van der Waals surface area contributed by atoms with Crippen LogP contribution in [0, 0.1) is 6.92 Å². The third-order valence-corrected chi connectivity index (χ3v) is 5.37. The fraction of sp³-hybridized carbons (Fsp3) is 0.182. The number of hydrogen-bond acceptors (Lipinski definition) is 5. The van der Waals surface area contributed by atoms with Crippen LogP contribution in [-0.2, 0) is 17.7 Å². The van der Waals surface area contributed by atoms with Crippen LogP contribution in [0.2, 0.25) is 0 Å². The summed E-state index contributed by atoms with van der Waals surface area (Å²) in [5.41, 5.74) is 1.92. The number of halogens is 3. The first-order valence-corrected chi connectivity index (χ1v) is 10.3. The molecule has 2 aromatic heterocycles. The van der Waals surface area contributed by atoms with Crippen LogP contribution in [0.25, 0.3) is 23.0 Å². The lowest BCUT2D eigenvalue weighted by Crippen LogP contribution is -2.04. The number of aryl methyl sites for hydroxylation is 1. The second-order valence-corrected chi connectivity index (χ2v) is 7.74.